The maximum absolute atomic E-state index is 8.74. The summed E-state index contributed by atoms with van der Waals surface area (Å²) in [5, 5.41) is 0. The Hall–Kier alpha value is 0.830. The van der Waals surface area contributed by atoms with Crippen LogP contribution in [0.4, 0.5) is 0 Å². The van der Waals surface area contributed by atoms with Gasteiger partial charge in [0.05, 0.1) is 0 Å². The summed E-state index contributed by atoms with van der Waals surface area (Å²) >= 11 is 0. The van der Waals surface area contributed by atoms with Crippen molar-refractivity contribution >= 4 is 68.9 Å². The molecule has 0 aromatic heterocycles. The van der Waals surface area contributed by atoms with Crippen molar-refractivity contribution in [2.75, 3.05) is 0 Å². The Kier molecular flexibility index (Phi) is 21.5. The third kappa shape index (κ3) is 5380. The molecule has 6 N–H and O–H groups in total. The van der Waals surface area contributed by atoms with Crippen LogP contribution in [-0.2, 0) is 31.2 Å². The minimum Gasteiger partial charge on any atom is -0.759 e. The molecule has 0 saturated heterocycles. The fraction of sp³-hybridized carbons (Fsp3) is 0. The van der Waals surface area contributed by atoms with Crippen molar-refractivity contribution in [3.63, 3.8) is 0 Å². The van der Waals surface area contributed by atoms with Gasteiger partial charge in [-0.05, 0) is 0 Å². The Morgan fingerprint density at radius 2 is 0.647 bits per heavy atom. The minimum atomic E-state index is -5.17. The summed E-state index contributed by atoms with van der Waals surface area (Å²) < 4.78 is 97.2. The van der Waals surface area contributed by atoms with Crippen molar-refractivity contribution in [3.8, 4) is 0 Å². The summed E-state index contributed by atoms with van der Waals surface area (Å²) in [6.45, 7) is 0. The summed E-state index contributed by atoms with van der Waals surface area (Å²) in [5.41, 5.74) is 0. The van der Waals surface area contributed by atoms with Crippen molar-refractivity contribution < 1.29 is 58.0 Å². The molecule has 0 atom stereocenters. The number of hydrogen-bond donors (Lipinski definition) is 4. The van der Waals surface area contributed by atoms with Crippen molar-refractivity contribution in [2.24, 2.45) is 0 Å². The Balaban J connectivity index is -0.0000000400. The molecule has 0 heterocycles. The zero-order chi connectivity index (χ0) is 13.5. The SMILES string of the molecule is O.O=S(=O)(O)O.O=S(=O)(O)O.O=S(=O)([O-])[O-].[Ca+2]. The van der Waals surface area contributed by atoms with Gasteiger partial charge in [0.2, 0.25) is 0 Å². The van der Waals surface area contributed by atoms with Gasteiger partial charge in [-0.25, -0.2) is 0 Å². The summed E-state index contributed by atoms with van der Waals surface area (Å²) in [5.74, 6) is 0. The van der Waals surface area contributed by atoms with E-state index in [2.05, 4.69) is 0 Å². The van der Waals surface area contributed by atoms with Crippen LogP contribution < -0.4 is 0 Å². The Morgan fingerprint density at radius 1 is 0.647 bits per heavy atom. The van der Waals surface area contributed by atoms with Crippen molar-refractivity contribution in [3.05, 3.63) is 0 Å². The first-order chi connectivity index (χ1) is 6.00. The van der Waals surface area contributed by atoms with Gasteiger partial charge < -0.3 is 14.6 Å². The molecule has 0 unspecified atom stereocenters. The molecule has 0 amide bonds. The quantitative estimate of drug-likeness (QED) is 0.186. The van der Waals surface area contributed by atoms with E-state index in [1.807, 2.05) is 0 Å². The maximum Gasteiger partial charge on any atom is 2.00 e. The minimum absolute atomic E-state index is 0. The summed E-state index contributed by atoms with van der Waals surface area (Å²) in [4.78, 5) is 0. The first kappa shape index (κ1) is 30.7. The van der Waals surface area contributed by atoms with Gasteiger partial charge >= 0.3 is 58.5 Å². The monoisotopic (exact) mass is 350 g/mol. The molecule has 0 aromatic rings. The van der Waals surface area contributed by atoms with E-state index in [1.165, 1.54) is 0 Å². The van der Waals surface area contributed by atoms with Crippen LogP contribution in [0, 0.1) is 0 Å². The first-order valence-corrected chi connectivity index (χ1v) is 6.19. The summed E-state index contributed by atoms with van der Waals surface area (Å²) in [7, 11) is -14.5. The molecule has 0 fully saturated rings. The standard InChI is InChI=1S/Ca.3H2O4S.H2O/c;3*1-5(2,3)4;/h;3*(H2,1,2,3,4);1H2/q+2;;;;/p-2. The molecule has 17 heteroatoms. The second kappa shape index (κ2) is 11.9. The molecule has 0 saturated carbocycles. The molecule has 17 heavy (non-hydrogen) atoms. The van der Waals surface area contributed by atoms with E-state index in [1.54, 1.807) is 0 Å². The van der Waals surface area contributed by atoms with Gasteiger partial charge in [-0.15, -0.1) is 0 Å². The Bertz CT molecular complexity index is 338. The van der Waals surface area contributed by atoms with Crippen molar-refractivity contribution in [1.82, 2.24) is 0 Å². The van der Waals surface area contributed by atoms with Crippen LogP contribution in [-0.4, -0.2) is 95.8 Å². The predicted molar refractivity (Wildman–Crippen MR) is 48.2 cm³/mol. The van der Waals surface area contributed by atoms with E-state index < -0.39 is 31.2 Å². The van der Waals surface area contributed by atoms with E-state index in [-0.39, 0.29) is 43.2 Å². The van der Waals surface area contributed by atoms with Crippen LogP contribution in [0.3, 0.4) is 0 Å². The first-order valence-electron chi connectivity index (χ1n) is 2.06. The molecule has 13 nitrogen and oxygen atoms in total. The predicted octanol–water partition coefficient (Wildman–Crippen LogP) is -3.85. The van der Waals surface area contributed by atoms with E-state index in [9.17, 15) is 0 Å². The molecule has 0 rings (SSSR count). The van der Waals surface area contributed by atoms with Gasteiger partial charge in [0.1, 0.15) is 0 Å². The summed E-state index contributed by atoms with van der Waals surface area (Å²) in [6.07, 6.45) is 0. The van der Waals surface area contributed by atoms with Crippen LogP contribution in [0.5, 0.6) is 0 Å². The second-order valence-electron chi connectivity index (χ2n) is 1.30. The van der Waals surface area contributed by atoms with Gasteiger partial charge in [-0.1, -0.05) is 0 Å². The molecule has 0 radical (unpaired) electrons. The van der Waals surface area contributed by atoms with E-state index in [4.69, 9.17) is 52.6 Å². The van der Waals surface area contributed by atoms with E-state index in [0.29, 0.717) is 0 Å². The maximum atomic E-state index is 8.74. The molecule has 0 aromatic carbocycles. The average molecular weight is 350 g/mol. The molecule has 0 bridgehead atoms. The van der Waals surface area contributed by atoms with Gasteiger partial charge in [-0.3, -0.25) is 26.6 Å². The normalized spacial score (nSPS) is 10.2. The van der Waals surface area contributed by atoms with Gasteiger partial charge in [0.15, 0.2) is 0 Å². The zero-order valence-electron chi connectivity index (χ0n) is 7.49. The number of hydrogen-bond acceptors (Lipinski definition) is 8. The molecule has 0 aliphatic rings. The fourth-order valence-corrected chi connectivity index (χ4v) is 0. The molecular weight excluding hydrogens is 344 g/mol. The third-order valence-corrected chi connectivity index (χ3v) is 0. The largest absolute Gasteiger partial charge is 2.00 e. The van der Waals surface area contributed by atoms with Gasteiger partial charge in [0.25, 0.3) is 0 Å². The molecule has 0 aliphatic carbocycles. The van der Waals surface area contributed by atoms with Crippen LogP contribution in [0.25, 0.3) is 0 Å². The van der Waals surface area contributed by atoms with Gasteiger partial charge in [-0.2, -0.15) is 16.8 Å². The summed E-state index contributed by atoms with van der Waals surface area (Å²) in [6, 6.07) is 0. The molecule has 0 spiro atoms. The van der Waals surface area contributed by atoms with Crippen LogP contribution >= 0.6 is 0 Å². The second-order valence-corrected chi connectivity index (χ2v) is 3.91. The van der Waals surface area contributed by atoms with E-state index >= 15 is 0 Å². The smallest absolute Gasteiger partial charge is 0.759 e. The topological polar surface area (TPSA) is 261 Å². The molecule has 0 aliphatic heterocycles. The molecule has 104 valence electrons. The van der Waals surface area contributed by atoms with Crippen LogP contribution in [0.1, 0.15) is 0 Å². The Morgan fingerprint density at radius 3 is 0.647 bits per heavy atom. The number of rotatable bonds is 0. The van der Waals surface area contributed by atoms with Crippen molar-refractivity contribution in [1.29, 1.82) is 0 Å². The van der Waals surface area contributed by atoms with Crippen LogP contribution in [0.2, 0.25) is 0 Å². The fourth-order valence-electron chi connectivity index (χ4n) is 0. The van der Waals surface area contributed by atoms with Crippen molar-refractivity contribution in [2.45, 2.75) is 0 Å². The van der Waals surface area contributed by atoms with E-state index in [0.717, 1.165) is 0 Å². The average Bonchev–Trinajstić information content (AvgIpc) is 1.41. The third-order valence-electron chi connectivity index (χ3n) is 0. The Labute approximate surface area is 126 Å². The molecular formula is H6CaO13S3. The zero-order valence-corrected chi connectivity index (χ0v) is 12.1. The van der Waals surface area contributed by atoms with Gasteiger partial charge in [0, 0.05) is 10.4 Å². The van der Waals surface area contributed by atoms with Crippen LogP contribution in [0.15, 0.2) is 0 Å².